The quantitative estimate of drug-likeness (QED) is 0.293. The highest BCUT2D eigenvalue weighted by molar-refractivity contribution is 7.89. The minimum Gasteiger partial charge on any atom is -0.284 e. The maximum atomic E-state index is 12.5. The second kappa shape index (κ2) is 9.29. The SMILES string of the molecule is Cc1ccc(S(=O)(=O)N(C)CCCC(=O)O[NH+]=C(N)c2ccccc2)cc1. The van der Waals surface area contributed by atoms with Gasteiger partial charge >= 0.3 is 11.8 Å². The Kier molecular flexibility index (Phi) is 7.09. The number of nitrogens with one attached hydrogen (secondary N) is 1. The molecule has 0 aromatic heterocycles. The van der Waals surface area contributed by atoms with Crippen molar-refractivity contribution in [3.8, 4) is 0 Å². The molecule has 2 aromatic carbocycles. The van der Waals surface area contributed by atoms with Gasteiger partial charge in [-0.25, -0.2) is 17.5 Å². The van der Waals surface area contributed by atoms with Crippen LogP contribution in [-0.4, -0.2) is 38.1 Å². The Labute approximate surface area is 159 Å². The van der Waals surface area contributed by atoms with Gasteiger partial charge in [-0.3, -0.25) is 10.6 Å². The predicted octanol–water partition coefficient (Wildman–Crippen LogP) is 0.340. The molecule has 0 bridgehead atoms. The number of hydrogen-bond acceptors (Lipinski definition) is 4. The zero-order valence-electron chi connectivity index (χ0n) is 15.4. The van der Waals surface area contributed by atoms with Crippen LogP contribution in [0.15, 0.2) is 59.5 Å². The second-order valence-electron chi connectivity index (χ2n) is 6.10. The zero-order chi connectivity index (χ0) is 19.9. The van der Waals surface area contributed by atoms with E-state index in [2.05, 4.69) is 5.16 Å². The Morgan fingerprint density at radius 3 is 2.37 bits per heavy atom. The summed E-state index contributed by atoms with van der Waals surface area (Å²) < 4.78 is 26.2. The van der Waals surface area contributed by atoms with Crippen LogP contribution in [0.1, 0.15) is 24.0 Å². The van der Waals surface area contributed by atoms with E-state index in [4.69, 9.17) is 10.6 Å². The summed E-state index contributed by atoms with van der Waals surface area (Å²) in [6, 6.07) is 15.7. The van der Waals surface area contributed by atoms with Gasteiger partial charge in [0.2, 0.25) is 10.0 Å². The van der Waals surface area contributed by atoms with Crippen LogP contribution >= 0.6 is 0 Å². The number of sulfonamides is 1. The Morgan fingerprint density at radius 1 is 1.11 bits per heavy atom. The van der Waals surface area contributed by atoms with Crippen molar-refractivity contribution < 1.29 is 23.2 Å². The normalized spacial score (nSPS) is 12.2. The molecule has 3 N–H and O–H groups in total. The number of aryl methyl sites for hydroxylation is 1. The van der Waals surface area contributed by atoms with Crippen molar-refractivity contribution in [2.75, 3.05) is 13.6 Å². The fourth-order valence-electron chi connectivity index (χ4n) is 2.30. The van der Waals surface area contributed by atoms with Gasteiger partial charge in [-0.1, -0.05) is 41.1 Å². The monoisotopic (exact) mass is 390 g/mol. The van der Waals surface area contributed by atoms with E-state index in [0.29, 0.717) is 12.0 Å². The minimum atomic E-state index is -3.57. The lowest BCUT2D eigenvalue weighted by atomic mass is 10.2. The predicted molar refractivity (Wildman–Crippen MR) is 102 cm³/mol. The number of benzene rings is 2. The molecule has 0 atom stereocenters. The molecule has 0 fully saturated rings. The Balaban J connectivity index is 1.83. The summed E-state index contributed by atoms with van der Waals surface area (Å²) in [7, 11) is -2.09. The molecule has 7 nitrogen and oxygen atoms in total. The molecule has 2 rings (SSSR count). The van der Waals surface area contributed by atoms with Crippen molar-refractivity contribution >= 4 is 21.8 Å². The van der Waals surface area contributed by atoms with Gasteiger partial charge in [-0.05, 0) is 37.6 Å². The lowest BCUT2D eigenvalue weighted by Gasteiger charge is -2.16. The van der Waals surface area contributed by atoms with Crippen molar-refractivity contribution in [1.82, 2.24) is 4.31 Å². The first-order chi connectivity index (χ1) is 12.8. The molecule has 8 heteroatoms. The molecule has 0 saturated heterocycles. The summed E-state index contributed by atoms with van der Waals surface area (Å²) in [6.45, 7) is 2.09. The molecular weight excluding hydrogens is 366 g/mol. The van der Waals surface area contributed by atoms with Crippen molar-refractivity contribution in [1.29, 1.82) is 0 Å². The van der Waals surface area contributed by atoms with Crippen molar-refractivity contribution in [2.45, 2.75) is 24.7 Å². The molecule has 0 unspecified atom stereocenters. The highest BCUT2D eigenvalue weighted by Crippen LogP contribution is 2.15. The average molecular weight is 390 g/mol. The zero-order valence-corrected chi connectivity index (χ0v) is 16.2. The summed E-state index contributed by atoms with van der Waals surface area (Å²) >= 11 is 0. The third-order valence-electron chi connectivity index (χ3n) is 3.94. The molecule has 144 valence electrons. The largest absolute Gasteiger partial charge is 0.357 e. The van der Waals surface area contributed by atoms with Crippen LogP contribution in [0.3, 0.4) is 0 Å². The number of carbonyl (C=O) groups excluding carboxylic acids is 1. The molecule has 2 aromatic rings. The standard InChI is InChI=1S/C19H23N3O4S/c1-15-10-12-17(13-11-15)27(24,25)22(2)14-6-9-18(23)26-21-19(20)16-7-4-3-5-8-16/h3-5,7-8,10-13H,6,9,14H2,1-2H3,(H2,20,21)/p+1. The van der Waals surface area contributed by atoms with Gasteiger partial charge in [0.1, 0.15) is 0 Å². The molecule has 0 aliphatic heterocycles. The minimum absolute atomic E-state index is 0.0584. The Bertz CT molecular complexity index is 894. The molecule has 0 spiro atoms. The van der Waals surface area contributed by atoms with E-state index < -0.39 is 16.0 Å². The van der Waals surface area contributed by atoms with Gasteiger partial charge in [0, 0.05) is 13.6 Å². The summed E-state index contributed by atoms with van der Waals surface area (Å²) in [5, 5.41) is 2.41. The van der Waals surface area contributed by atoms with Crippen LogP contribution in [0.2, 0.25) is 0 Å². The van der Waals surface area contributed by atoms with E-state index in [0.717, 1.165) is 5.56 Å². The van der Waals surface area contributed by atoms with Gasteiger partial charge in [0.15, 0.2) is 0 Å². The molecule has 0 amide bonds. The highest BCUT2D eigenvalue weighted by Gasteiger charge is 2.20. The van der Waals surface area contributed by atoms with Gasteiger partial charge in [-0.2, -0.15) is 0 Å². The topological polar surface area (TPSA) is 104 Å². The first-order valence-corrected chi connectivity index (χ1v) is 9.91. The number of hydrogen-bond donors (Lipinski definition) is 2. The van der Waals surface area contributed by atoms with Crippen molar-refractivity contribution in [3.63, 3.8) is 0 Å². The molecule has 27 heavy (non-hydrogen) atoms. The molecule has 0 radical (unpaired) electrons. The van der Waals surface area contributed by atoms with Crippen LogP contribution in [0.5, 0.6) is 0 Å². The number of rotatable bonds is 8. The Hall–Kier alpha value is -2.71. The van der Waals surface area contributed by atoms with E-state index in [-0.39, 0.29) is 23.7 Å². The third-order valence-corrected chi connectivity index (χ3v) is 5.81. The number of nitrogens with two attached hydrogens (primary N) is 1. The lowest BCUT2D eigenvalue weighted by Crippen LogP contribution is -2.75. The van der Waals surface area contributed by atoms with Crippen LogP contribution < -0.4 is 10.9 Å². The second-order valence-corrected chi connectivity index (χ2v) is 8.14. The average Bonchev–Trinajstić information content (AvgIpc) is 2.67. The Morgan fingerprint density at radius 2 is 1.74 bits per heavy atom. The number of amidine groups is 1. The van der Waals surface area contributed by atoms with Crippen LogP contribution in [0, 0.1) is 6.92 Å². The molecule has 0 aliphatic rings. The number of carbonyl (C=O) groups is 1. The number of nitrogens with zero attached hydrogens (tertiary/aromatic N) is 1. The van der Waals surface area contributed by atoms with E-state index in [1.54, 1.807) is 36.4 Å². The maximum Gasteiger partial charge on any atom is 0.357 e. The van der Waals surface area contributed by atoms with E-state index in [9.17, 15) is 13.2 Å². The van der Waals surface area contributed by atoms with Crippen LogP contribution in [0.4, 0.5) is 0 Å². The third kappa shape index (κ3) is 5.90. The van der Waals surface area contributed by atoms with Crippen molar-refractivity contribution in [3.05, 3.63) is 65.7 Å². The van der Waals surface area contributed by atoms with Gasteiger partial charge in [0.05, 0.1) is 16.9 Å². The van der Waals surface area contributed by atoms with E-state index in [1.165, 1.54) is 11.4 Å². The smallest absolute Gasteiger partial charge is 0.284 e. The summed E-state index contributed by atoms with van der Waals surface area (Å²) in [5.41, 5.74) is 7.48. The molecule has 0 aliphatic carbocycles. The van der Waals surface area contributed by atoms with Gasteiger partial charge in [-0.15, -0.1) is 0 Å². The first kappa shape index (κ1) is 20.6. The fraction of sp³-hybridized carbons (Fsp3) is 0.263. The first-order valence-electron chi connectivity index (χ1n) is 8.47. The molecule has 0 saturated carbocycles. The number of nitrogen functional groups attached to an aromatic ring is 1. The summed E-state index contributed by atoms with van der Waals surface area (Å²) in [4.78, 5) is 16.9. The van der Waals surface area contributed by atoms with E-state index in [1.807, 2.05) is 25.1 Å². The van der Waals surface area contributed by atoms with Gasteiger partial charge < -0.3 is 0 Å². The van der Waals surface area contributed by atoms with Crippen LogP contribution in [-0.2, 0) is 19.7 Å². The molecule has 0 heterocycles. The fourth-order valence-corrected chi connectivity index (χ4v) is 3.51. The lowest BCUT2D eigenvalue weighted by molar-refractivity contribution is -0.724. The van der Waals surface area contributed by atoms with E-state index >= 15 is 0 Å². The summed E-state index contributed by atoms with van der Waals surface area (Å²) in [5.74, 6) is -0.293. The maximum absolute atomic E-state index is 12.5. The molecular formula is C19H24N3O4S+. The highest BCUT2D eigenvalue weighted by atomic mass is 32.2. The van der Waals surface area contributed by atoms with Gasteiger partial charge in [0.25, 0.3) is 0 Å². The van der Waals surface area contributed by atoms with Crippen LogP contribution in [0.25, 0.3) is 0 Å². The van der Waals surface area contributed by atoms with Crippen molar-refractivity contribution in [2.24, 2.45) is 5.73 Å². The summed E-state index contributed by atoms with van der Waals surface area (Å²) in [6.07, 6.45) is 0.385.